The molecular weight excluding hydrogens is 238 g/mol. The number of ether oxygens (including phenoxy) is 2. The maximum absolute atomic E-state index is 5.64. The number of benzene rings is 1. The molecule has 1 aromatic carbocycles. The third-order valence-corrected chi connectivity index (χ3v) is 3.61. The molecule has 0 amide bonds. The predicted molar refractivity (Wildman–Crippen MR) is 77.5 cm³/mol. The number of methoxy groups -OCH3 is 1. The van der Waals surface area contributed by atoms with Gasteiger partial charge in [-0.25, -0.2) is 0 Å². The second-order valence-corrected chi connectivity index (χ2v) is 5.56. The van der Waals surface area contributed by atoms with Crippen LogP contribution in [-0.4, -0.2) is 25.4 Å². The second kappa shape index (κ2) is 6.92. The van der Waals surface area contributed by atoms with Crippen molar-refractivity contribution in [3.8, 4) is 5.75 Å². The van der Waals surface area contributed by atoms with Gasteiger partial charge >= 0.3 is 0 Å². The number of nitrogens with one attached hydrogen (secondary N) is 1. The molecule has 19 heavy (non-hydrogen) atoms. The van der Waals surface area contributed by atoms with Crippen LogP contribution in [-0.2, 0) is 11.3 Å². The molecule has 1 fully saturated rings. The third kappa shape index (κ3) is 4.51. The number of hydrogen-bond acceptors (Lipinski definition) is 3. The van der Waals surface area contributed by atoms with E-state index in [1.54, 1.807) is 7.11 Å². The highest BCUT2D eigenvalue weighted by Crippen LogP contribution is 2.22. The smallest absolute Gasteiger partial charge is 0.119 e. The largest absolute Gasteiger partial charge is 0.491 e. The Labute approximate surface area is 116 Å². The fraction of sp³-hybridized carbons (Fsp3) is 0.625. The van der Waals surface area contributed by atoms with Crippen LogP contribution in [0.4, 0.5) is 0 Å². The van der Waals surface area contributed by atoms with Crippen LogP contribution in [0.3, 0.4) is 0 Å². The van der Waals surface area contributed by atoms with Gasteiger partial charge in [0.05, 0.1) is 12.2 Å². The first-order valence-corrected chi connectivity index (χ1v) is 7.19. The molecule has 1 N–H and O–H groups in total. The molecule has 0 aromatic heterocycles. The van der Waals surface area contributed by atoms with Crippen molar-refractivity contribution >= 4 is 0 Å². The topological polar surface area (TPSA) is 30.5 Å². The molecule has 0 radical (unpaired) electrons. The number of rotatable bonds is 6. The lowest BCUT2D eigenvalue weighted by molar-refractivity contribution is 0.107. The van der Waals surface area contributed by atoms with Gasteiger partial charge in [0, 0.05) is 19.7 Å². The van der Waals surface area contributed by atoms with E-state index in [-0.39, 0.29) is 6.10 Å². The van der Waals surface area contributed by atoms with Crippen LogP contribution in [0.5, 0.6) is 5.75 Å². The van der Waals surface area contributed by atoms with Crippen LogP contribution in [0.1, 0.15) is 38.7 Å². The molecule has 0 saturated heterocycles. The average molecular weight is 263 g/mol. The SMILES string of the molecule is COC1CCC(NCc2ccc(OC(C)C)cc2)C1. The summed E-state index contributed by atoms with van der Waals surface area (Å²) in [7, 11) is 1.81. The van der Waals surface area contributed by atoms with Gasteiger partial charge < -0.3 is 14.8 Å². The van der Waals surface area contributed by atoms with Crippen molar-refractivity contribution in [3.05, 3.63) is 29.8 Å². The molecular formula is C16H25NO2. The molecule has 2 atom stereocenters. The van der Waals surface area contributed by atoms with E-state index >= 15 is 0 Å². The van der Waals surface area contributed by atoms with E-state index in [1.165, 1.54) is 18.4 Å². The Morgan fingerprint density at radius 1 is 1.21 bits per heavy atom. The lowest BCUT2D eigenvalue weighted by Gasteiger charge is -2.14. The minimum atomic E-state index is 0.230. The molecule has 0 aliphatic heterocycles. The van der Waals surface area contributed by atoms with Crippen LogP contribution >= 0.6 is 0 Å². The van der Waals surface area contributed by atoms with E-state index in [0.717, 1.165) is 18.7 Å². The van der Waals surface area contributed by atoms with E-state index in [2.05, 4.69) is 17.4 Å². The van der Waals surface area contributed by atoms with E-state index < -0.39 is 0 Å². The average Bonchev–Trinajstić information content (AvgIpc) is 2.85. The van der Waals surface area contributed by atoms with Crippen LogP contribution in [0.2, 0.25) is 0 Å². The molecule has 1 aliphatic carbocycles. The lowest BCUT2D eigenvalue weighted by Crippen LogP contribution is -2.26. The standard InChI is InChI=1S/C16H25NO2/c1-12(2)19-15-7-4-13(5-8-15)11-17-14-6-9-16(10-14)18-3/h4-5,7-8,12,14,16-17H,6,9-11H2,1-3H3. The normalized spacial score (nSPS) is 22.9. The Morgan fingerprint density at radius 3 is 2.53 bits per heavy atom. The quantitative estimate of drug-likeness (QED) is 0.855. The Hall–Kier alpha value is -1.06. The summed E-state index contributed by atoms with van der Waals surface area (Å²) in [6.07, 6.45) is 4.20. The van der Waals surface area contributed by atoms with Gasteiger partial charge in [-0.15, -0.1) is 0 Å². The van der Waals surface area contributed by atoms with Gasteiger partial charge in [0.1, 0.15) is 5.75 Å². The fourth-order valence-electron chi connectivity index (χ4n) is 2.56. The first-order chi connectivity index (χ1) is 9.17. The van der Waals surface area contributed by atoms with Gasteiger partial charge in [0.25, 0.3) is 0 Å². The van der Waals surface area contributed by atoms with Crippen molar-refractivity contribution in [2.75, 3.05) is 7.11 Å². The van der Waals surface area contributed by atoms with Gasteiger partial charge in [-0.2, -0.15) is 0 Å². The molecule has 2 rings (SSSR count). The maximum Gasteiger partial charge on any atom is 0.119 e. The molecule has 3 nitrogen and oxygen atoms in total. The predicted octanol–water partition coefficient (Wildman–Crippen LogP) is 3.13. The Balaban J connectivity index is 1.77. The highest BCUT2D eigenvalue weighted by atomic mass is 16.5. The van der Waals surface area contributed by atoms with E-state index in [4.69, 9.17) is 9.47 Å². The van der Waals surface area contributed by atoms with Crippen molar-refractivity contribution in [3.63, 3.8) is 0 Å². The monoisotopic (exact) mass is 263 g/mol. The molecule has 1 saturated carbocycles. The van der Waals surface area contributed by atoms with Crippen molar-refractivity contribution in [2.24, 2.45) is 0 Å². The Kier molecular flexibility index (Phi) is 5.23. The third-order valence-electron chi connectivity index (χ3n) is 3.61. The van der Waals surface area contributed by atoms with Gasteiger partial charge in [-0.1, -0.05) is 12.1 Å². The van der Waals surface area contributed by atoms with Crippen LogP contribution in [0.25, 0.3) is 0 Å². The summed E-state index contributed by atoms with van der Waals surface area (Å²) in [4.78, 5) is 0. The molecule has 106 valence electrons. The van der Waals surface area contributed by atoms with E-state index in [0.29, 0.717) is 12.1 Å². The minimum absolute atomic E-state index is 0.230. The zero-order valence-electron chi connectivity index (χ0n) is 12.2. The second-order valence-electron chi connectivity index (χ2n) is 5.56. The van der Waals surface area contributed by atoms with Gasteiger partial charge in [-0.05, 0) is 50.8 Å². The van der Waals surface area contributed by atoms with Crippen LogP contribution in [0, 0.1) is 0 Å². The molecule has 3 heteroatoms. The summed E-state index contributed by atoms with van der Waals surface area (Å²) in [6, 6.07) is 8.95. The van der Waals surface area contributed by atoms with Crippen LogP contribution in [0.15, 0.2) is 24.3 Å². The van der Waals surface area contributed by atoms with E-state index in [1.807, 2.05) is 26.0 Å². The Bertz CT molecular complexity index is 375. The highest BCUT2D eigenvalue weighted by Gasteiger charge is 2.23. The van der Waals surface area contributed by atoms with Crippen molar-refractivity contribution in [1.82, 2.24) is 5.32 Å². The summed E-state index contributed by atoms with van der Waals surface area (Å²) >= 11 is 0. The zero-order valence-corrected chi connectivity index (χ0v) is 12.2. The van der Waals surface area contributed by atoms with Gasteiger partial charge in [-0.3, -0.25) is 0 Å². The maximum atomic E-state index is 5.64. The van der Waals surface area contributed by atoms with Crippen molar-refractivity contribution in [1.29, 1.82) is 0 Å². The summed E-state index contributed by atoms with van der Waals surface area (Å²) in [5.74, 6) is 0.944. The summed E-state index contributed by atoms with van der Waals surface area (Å²) in [6.45, 7) is 5.01. The fourth-order valence-corrected chi connectivity index (χ4v) is 2.56. The highest BCUT2D eigenvalue weighted by molar-refractivity contribution is 5.27. The minimum Gasteiger partial charge on any atom is -0.491 e. The Morgan fingerprint density at radius 2 is 1.95 bits per heavy atom. The molecule has 1 aliphatic rings. The molecule has 2 unspecified atom stereocenters. The lowest BCUT2D eigenvalue weighted by atomic mass is 10.2. The van der Waals surface area contributed by atoms with Gasteiger partial charge in [0.2, 0.25) is 0 Å². The van der Waals surface area contributed by atoms with Gasteiger partial charge in [0.15, 0.2) is 0 Å². The first kappa shape index (κ1) is 14.4. The molecule has 0 spiro atoms. The number of hydrogen-bond donors (Lipinski definition) is 1. The van der Waals surface area contributed by atoms with Crippen LogP contribution < -0.4 is 10.1 Å². The van der Waals surface area contributed by atoms with Crippen molar-refractivity contribution in [2.45, 2.75) is 57.9 Å². The van der Waals surface area contributed by atoms with Crippen molar-refractivity contribution < 1.29 is 9.47 Å². The zero-order chi connectivity index (χ0) is 13.7. The first-order valence-electron chi connectivity index (χ1n) is 7.19. The summed E-state index contributed by atoms with van der Waals surface area (Å²) < 4.78 is 11.0. The molecule has 1 aromatic rings. The summed E-state index contributed by atoms with van der Waals surface area (Å²) in [5.41, 5.74) is 1.30. The molecule has 0 bridgehead atoms. The van der Waals surface area contributed by atoms with E-state index in [9.17, 15) is 0 Å². The molecule has 0 heterocycles. The summed E-state index contributed by atoms with van der Waals surface area (Å²) in [5, 5.41) is 3.60.